The zero-order valence-corrected chi connectivity index (χ0v) is 10.1. The molecule has 0 aromatic heterocycles. The molecular weight excluding hydrogens is 235 g/mol. The first-order valence-electron chi connectivity index (χ1n) is 5.69. The van der Waals surface area contributed by atoms with E-state index in [-0.39, 0.29) is 13.0 Å². The first kappa shape index (κ1) is 14.1. The molecule has 0 spiro atoms. The molecule has 0 aliphatic carbocycles. The average molecular weight is 250 g/mol. The molecule has 1 atom stereocenters. The number of aliphatic carboxylic acids is 1. The smallest absolute Gasteiger partial charge is 0.304 e. The molecule has 18 heavy (non-hydrogen) atoms. The van der Waals surface area contributed by atoms with Gasteiger partial charge >= 0.3 is 5.97 Å². The van der Waals surface area contributed by atoms with Gasteiger partial charge in [-0.2, -0.15) is 5.26 Å². The van der Waals surface area contributed by atoms with Crippen LogP contribution in [0, 0.1) is 17.1 Å². The minimum atomic E-state index is -0.913. The molecule has 1 aromatic rings. The maximum Gasteiger partial charge on any atom is 0.304 e. The van der Waals surface area contributed by atoms with E-state index in [1.54, 1.807) is 17.0 Å². The van der Waals surface area contributed by atoms with E-state index in [0.717, 1.165) is 0 Å². The minimum absolute atomic E-state index is 0.0403. The third-order valence-corrected chi connectivity index (χ3v) is 2.67. The molecule has 0 bridgehead atoms. The van der Waals surface area contributed by atoms with Crippen LogP contribution >= 0.6 is 0 Å². The van der Waals surface area contributed by atoms with Gasteiger partial charge in [0.25, 0.3) is 0 Å². The molecule has 4 nitrogen and oxygen atoms in total. The first-order valence-corrected chi connectivity index (χ1v) is 5.69. The molecule has 0 saturated heterocycles. The summed E-state index contributed by atoms with van der Waals surface area (Å²) in [7, 11) is 0. The Morgan fingerprint density at radius 1 is 1.61 bits per heavy atom. The lowest BCUT2D eigenvalue weighted by atomic mass is 10.1. The van der Waals surface area contributed by atoms with Crippen LogP contribution in [0.3, 0.4) is 0 Å². The number of rotatable bonds is 6. The van der Waals surface area contributed by atoms with E-state index in [1.165, 1.54) is 12.1 Å². The SMILES string of the molecule is CCN(CCC(=O)O)C(C#N)c1cccc(F)c1. The third-order valence-electron chi connectivity index (χ3n) is 2.67. The van der Waals surface area contributed by atoms with Crippen molar-refractivity contribution in [2.75, 3.05) is 13.1 Å². The number of carboxylic acid groups (broad SMARTS) is 1. The fraction of sp³-hybridized carbons (Fsp3) is 0.385. The maximum atomic E-state index is 13.1. The van der Waals surface area contributed by atoms with Crippen LogP contribution in [0.25, 0.3) is 0 Å². The van der Waals surface area contributed by atoms with Crippen LogP contribution in [0.15, 0.2) is 24.3 Å². The van der Waals surface area contributed by atoms with E-state index in [4.69, 9.17) is 5.11 Å². The summed E-state index contributed by atoms with van der Waals surface area (Å²) in [5, 5.41) is 17.8. The number of carbonyl (C=O) groups is 1. The molecule has 0 saturated carbocycles. The highest BCUT2D eigenvalue weighted by molar-refractivity contribution is 5.66. The topological polar surface area (TPSA) is 64.3 Å². The molecule has 0 fully saturated rings. The Bertz CT molecular complexity index is 457. The highest BCUT2D eigenvalue weighted by Crippen LogP contribution is 2.20. The van der Waals surface area contributed by atoms with Crippen LogP contribution in [0.2, 0.25) is 0 Å². The number of hydrogen-bond donors (Lipinski definition) is 1. The Morgan fingerprint density at radius 2 is 2.33 bits per heavy atom. The second-order valence-corrected chi connectivity index (χ2v) is 3.86. The molecule has 96 valence electrons. The summed E-state index contributed by atoms with van der Waals surface area (Å²) >= 11 is 0. The number of nitriles is 1. The van der Waals surface area contributed by atoms with Gasteiger partial charge in [-0.15, -0.1) is 0 Å². The summed E-state index contributed by atoms with van der Waals surface area (Å²) in [6.45, 7) is 2.63. The van der Waals surface area contributed by atoms with Crippen molar-refractivity contribution < 1.29 is 14.3 Å². The fourth-order valence-corrected chi connectivity index (χ4v) is 1.75. The standard InChI is InChI=1S/C13H15FN2O2/c1-2-16(7-6-13(17)18)12(9-15)10-4-3-5-11(14)8-10/h3-5,8,12H,2,6-7H2,1H3,(H,17,18). The van der Waals surface area contributed by atoms with Crippen molar-refractivity contribution in [2.24, 2.45) is 0 Å². The summed E-state index contributed by atoms with van der Waals surface area (Å²) < 4.78 is 13.1. The lowest BCUT2D eigenvalue weighted by Gasteiger charge is -2.25. The van der Waals surface area contributed by atoms with Crippen molar-refractivity contribution in [3.8, 4) is 6.07 Å². The number of nitrogens with zero attached hydrogens (tertiary/aromatic N) is 2. The fourth-order valence-electron chi connectivity index (χ4n) is 1.75. The Kier molecular flexibility index (Phi) is 5.28. The van der Waals surface area contributed by atoms with Crippen LogP contribution in [0.1, 0.15) is 24.9 Å². The summed E-state index contributed by atoms with van der Waals surface area (Å²) in [5.74, 6) is -1.31. The highest BCUT2D eigenvalue weighted by Gasteiger charge is 2.19. The van der Waals surface area contributed by atoms with Crippen molar-refractivity contribution in [1.82, 2.24) is 4.90 Å². The summed E-state index contributed by atoms with van der Waals surface area (Å²) in [6, 6.07) is 7.29. The van der Waals surface area contributed by atoms with Gasteiger partial charge in [0, 0.05) is 6.54 Å². The van der Waals surface area contributed by atoms with E-state index in [1.807, 2.05) is 6.92 Å². The molecule has 5 heteroatoms. The number of carboxylic acids is 1. The molecule has 1 rings (SSSR count). The first-order chi connectivity index (χ1) is 8.58. The Hall–Kier alpha value is -1.93. The molecule has 0 heterocycles. The zero-order valence-electron chi connectivity index (χ0n) is 10.1. The van der Waals surface area contributed by atoms with Crippen LogP contribution in [0.4, 0.5) is 4.39 Å². The van der Waals surface area contributed by atoms with Crippen LogP contribution in [-0.2, 0) is 4.79 Å². The average Bonchev–Trinajstić information content (AvgIpc) is 2.34. The monoisotopic (exact) mass is 250 g/mol. The second-order valence-electron chi connectivity index (χ2n) is 3.86. The predicted molar refractivity (Wildman–Crippen MR) is 64.3 cm³/mol. The highest BCUT2D eigenvalue weighted by atomic mass is 19.1. The lowest BCUT2D eigenvalue weighted by molar-refractivity contribution is -0.137. The van der Waals surface area contributed by atoms with E-state index in [9.17, 15) is 14.4 Å². The van der Waals surface area contributed by atoms with Crippen LogP contribution in [0.5, 0.6) is 0 Å². The van der Waals surface area contributed by atoms with Gasteiger partial charge in [0.1, 0.15) is 11.9 Å². The van der Waals surface area contributed by atoms with Crippen LogP contribution in [-0.4, -0.2) is 29.1 Å². The van der Waals surface area contributed by atoms with Gasteiger partial charge in [-0.25, -0.2) is 4.39 Å². The minimum Gasteiger partial charge on any atom is -0.481 e. The van der Waals surface area contributed by atoms with Crippen molar-refractivity contribution in [2.45, 2.75) is 19.4 Å². The Labute approximate surface area is 105 Å². The van der Waals surface area contributed by atoms with Gasteiger partial charge in [-0.3, -0.25) is 9.69 Å². The molecule has 1 N–H and O–H groups in total. The Balaban J connectivity index is 2.86. The van der Waals surface area contributed by atoms with Gasteiger partial charge in [0.15, 0.2) is 0 Å². The van der Waals surface area contributed by atoms with E-state index in [2.05, 4.69) is 6.07 Å². The quantitative estimate of drug-likeness (QED) is 0.840. The summed E-state index contributed by atoms with van der Waals surface area (Å²) in [5.41, 5.74) is 0.546. The Morgan fingerprint density at radius 3 is 2.83 bits per heavy atom. The largest absolute Gasteiger partial charge is 0.481 e. The van der Waals surface area contributed by atoms with E-state index in [0.29, 0.717) is 12.1 Å². The van der Waals surface area contributed by atoms with Crippen molar-refractivity contribution in [1.29, 1.82) is 5.26 Å². The van der Waals surface area contributed by atoms with Gasteiger partial charge in [-0.1, -0.05) is 19.1 Å². The van der Waals surface area contributed by atoms with Gasteiger partial charge in [-0.05, 0) is 24.2 Å². The maximum absolute atomic E-state index is 13.1. The molecule has 0 aliphatic rings. The zero-order chi connectivity index (χ0) is 13.5. The number of hydrogen-bond acceptors (Lipinski definition) is 3. The summed E-state index contributed by atoms with van der Waals surface area (Å²) in [6.07, 6.45) is -0.0403. The van der Waals surface area contributed by atoms with Crippen molar-refractivity contribution in [3.63, 3.8) is 0 Å². The molecule has 1 unspecified atom stereocenters. The van der Waals surface area contributed by atoms with Gasteiger partial charge in [0.05, 0.1) is 12.5 Å². The predicted octanol–water partition coefficient (Wildman–Crippen LogP) is 2.19. The second kappa shape index (κ2) is 6.72. The van der Waals surface area contributed by atoms with Gasteiger partial charge in [0.2, 0.25) is 0 Å². The molecule has 0 amide bonds. The van der Waals surface area contributed by atoms with Crippen molar-refractivity contribution >= 4 is 5.97 Å². The molecule has 1 aromatic carbocycles. The van der Waals surface area contributed by atoms with E-state index >= 15 is 0 Å². The van der Waals surface area contributed by atoms with Crippen LogP contribution < -0.4 is 0 Å². The molecule has 0 aliphatic heterocycles. The number of halogens is 1. The van der Waals surface area contributed by atoms with E-state index < -0.39 is 17.8 Å². The normalized spacial score (nSPS) is 12.1. The summed E-state index contributed by atoms with van der Waals surface area (Å²) in [4.78, 5) is 12.3. The number of benzene rings is 1. The third kappa shape index (κ3) is 3.82. The molecular formula is C13H15FN2O2. The molecule has 0 radical (unpaired) electrons. The van der Waals surface area contributed by atoms with Crippen molar-refractivity contribution in [3.05, 3.63) is 35.6 Å². The lowest BCUT2D eigenvalue weighted by Crippen LogP contribution is -2.30. The van der Waals surface area contributed by atoms with Gasteiger partial charge < -0.3 is 5.11 Å².